The lowest BCUT2D eigenvalue weighted by Crippen LogP contribution is -2.13. The van der Waals surface area contributed by atoms with E-state index in [9.17, 15) is 9.59 Å². The second kappa shape index (κ2) is 6.84. The smallest absolute Gasteiger partial charge is 0.224 e. The molecule has 0 aliphatic rings. The number of nitrogens with one attached hydrogen (secondary N) is 1. The predicted molar refractivity (Wildman–Crippen MR) is 69.0 cm³/mol. The first-order valence-electron chi connectivity index (χ1n) is 6.06. The number of ketones is 1. The molecule has 0 unspecified atom stereocenters. The Morgan fingerprint density at radius 1 is 1.06 bits per heavy atom. The molecule has 0 spiro atoms. The summed E-state index contributed by atoms with van der Waals surface area (Å²) in [7, 11) is 0. The average molecular weight is 233 g/mol. The minimum absolute atomic E-state index is 0.101. The summed E-state index contributed by atoms with van der Waals surface area (Å²) in [6.45, 7) is 3.90. The highest BCUT2D eigenvalue weighted by Crippen LogP contribution is 2.10. The van der Waals surface area contributed by atoms with Crippen molar-refractivity contribution >= 4 is 17.4 Å². The van der Waals surface area contributed by atoms with Gasteiger partial charge in [-0.2, -0.15) is 0 Å². The number of benzene rings is 1. The Labute approximate surface area is 102 Å². The molecule has 0 aromatic heterocycles. The Bertz CT molecular complexity index is 382. The molecule has 1 amide bonds. The Balaban J connectivity index is 2.42. The van der Waals surface area contributed by atoms with Gasteiger partial charge in [0, 0.05) is 24.9 Å². The van der Waals surface area contributed by atoms with Crippen molar-refractivity contribution in [2.75, 3.05) is 5.32 Å². The molecule has 0 aliphatic carbocycles. The number of Topliss-reactive ketones (excluding diaryl/α,β-unsaturated/α-hetero) is 1. The second-order valence-corrected chi connectivity index (χ2v) is 3.99. The zero-order valence-corrected chi connectivity index (χ0v) is 10.5. The van der Waals surface area contributed by atoms with E-state index in [2.05, 4.69) is 12.2 Å². The van der Waals surface area contributed by atoms with Crippen LogP contribution in [0.5, 0.6) is 0 Å². The van der Waals surface area contributed by atoms with Crippen LogP contribution in [-0.2, 0) is 16.0 Å². The number of hydrogen-bond acceptors (Lipinski definition) is 2. The van der Waals surface area contributed by atoms with Crippen molar-refractivity contribution in [3.63, 3.8) is 0 Å². The Morgan fingerprint density at radius 3 is 2.24 bits per heavy atom. The van der Waals surface area contributed by atoms with Crippen LogP contribution in [0, 0.1) is 0 Å². The number of rotatable bonds is 6. The molecule has 0 heterocycles. The Hall–Kier alpha value is -1.64. The molecule has 0 aliphatic heterocycles. The third-order valence-electron chi connectivity index (χ3n) is 2.67. The van der Waals surface area contributed by atoms with Gasteiger partial charge in [-0.1, -0.05) is 26.0 Å². The first-order valence-corrected chi connectivity index (χ1v) is 6.06. The first kappa shape index (κ1) is 13.4. The molecule has 1 aromatic carbocycles. The van der Waals surface area contributed by atoms with Crippen molar-refractivity contribution in [3.05, 3.63) is 29.8 Å². The van der Waals surface area contributed by atoms with Gasteiger partial charge in [-0.05, 0) is 24.1 Å². The normalized spacial score (nSPS) is 10.0. The largest absolute Gasteiger partial charge is 0.326 e. The summed E-state index contributed by atoms with van der Waals surface area (Å²) in [4.78, 5) is 22.6. The number of aryl methyl sites for hydroxylation is 1. The highest BCUT2D eigenvalue weighted by molar-refractivity contribution is 5.93. The molecule has 1 aromatic rings. The molecule has 0 saturated heterocycles. The SMILES string of the molecule is CCC(=O)CCC(=O)Nc1ccc(CC)cc1. The van der Waals surface area contributed by atoms with Crippen LogP contribution in [0.2, 0.25) is 0 Å². The number of hydrogen-bond donors (Lipinski definition) is 1. The van der Waals surface area contributed by atoms with Gasteiger partial charge < -0.3 is 5.32 Å². The van der Waals surface area contributed by atoms with E-state index in [1.807, 2.05) is 31.2 Å². The van der Waals surface area contributed by atoms with E-state index in [1.54, 1.807) is 0 Å². The molecular formula is C14H19NO2. The number of carbonyl (C=O) groups is 2. The molecular weight excluding hydrogens is 214 g/mol. The fourth-order valence-electron chi connectivity index (χ4n) is 1.48. The Kier molecular flexibility index (Phi) is 5.40. The maximum atomic E-state index is 11.5. The zero-order chi connectivity index (χ0) is 12.7. The monoisotopic (exact) mass is 233 g/mol. The van der Waals surface area contributed by atoms with E-state index >= 15 is 0 Å². The van der Waals surface area contributed by atoms with Gasteiger partial charge in [0.15, 0.2) is 0 Å². The second-order valence-electron chi connectivity index (χ2n) is 3.99. The third-order valence-corrected chi connectivity index (χ3v) is 2.67. The summed E-state index contributed by atoms with van der Waals surface area (Å²) < 4.78 is 0. The lowest BCUT2D eigenvalue weighted by Gasteiger charge is -2.05. The van der Waals surface area contributed by atoms with Crippen LogP contribution in [0.1, 0.15) is 38.7 Å². The van der Waals surface area contributed by atoms with E-state index in [4.69, 9.17) is 0 Å². The molecule has 92 valence electrons. The van der Waals surface area contributed by atoms with Gasteiger partial charge in [-0.15, -0.1) is 0 Å². The van der Waals surface area contributed by atoms with Crippen LogP contribution in [-0.4, -0.2) is 11.7 Å². The predicted octanol–water partition coefficient (Wildman–Crippen LogP) is 2.95. The average Bonchev–Trinajstić information content (AvgIpc) is 2.36. The summed E-state index contributed by atoms with van der Waals surface area (Å²) in [6, 6.07) is 7.76. The molecule has 1 rings (SSSR count). The summed E-state index contributed by atoms with van der Waals surface area (Å²) in [5, 5.41) is 2.78. The van der Waals surface area contributed by atoms with Crippen LogP contribution in [0.25, 0.3) is 0 Å². The van der Waals surface area contributed by atoms with Gasteiger partial charge >= 0.3 is 0 Å². The van der Waals surface area contributed by atoms with Crippen molar-refractivity contribution in [3.8, 4) is 0 Å². The number of anilines is 1. The number of carbonyl (C=O) groups excluding carboxylic acids is 2. The quantitative estimate of drug-likeness (QED) is 0.821. The van der Waals surface area contributed by atoms with E-state index in [0.29, 0.717) is 12.8 Å². The zero-order valence-electron chi connectivity index (χ0n) is 10.5. The standard InChI is InChI=1S/C14H19NO2/c1-3-11-5-7-12(8-6-11)15-14(17)10-9-13(16)4-2/h5-8H,3-4,9-10H2,1-2H3,(H,15,17). The summed E-state index contributed by atoms with van der Waals surface area (Å²) in [6.07, 6.45) is 2.08. The highest BCUT2D eigenvalue weighted by atomic mass is 16.2. The van der Waals surface area contributed by atoms with Crippen LogP contribution in [0.15, 0.2) is 24.3 Å². The molecule has 1 N–H and O–H groups in total. The van der Waals surface area contributed by atoms with E-state index < -0.39 is 0 Å². The van der Waals surface area contributed by atoms with Crippen molar-refractivity contribution in [1.82, 2.24) is 0 Å². The maximum Gasteiger partial charge on any atom is 0.224 e. The van der Waals surface area contributed by atoms with Gasteiger partial charge in [0.05, 0.1) is 0 Å². The van der Waals surface area contributed by atoms with Gasteiger partial charge in [0.25, 0.3) is 0 Å². The fraction of sp³-hybridized carbons (Fsp3) is 0.429. The minimum Gasteiger partial charge on any atom is -0.326 e. The molecule has 0 fully saturated rings. The van der Waals surface area contributed by atoms with E-state index in [0.717, 1.165) is 12.1 Å². The van der Waals surface area contributed by atoms with Gasteiger partial charge in [0.2, 0.25) is 5.91 Å². The molecule has 17 heavy (non-hydrogen) atoms. The molecule has 0 radical (unpaired) electrons. The lowest BCUT2D eigenvalue weighted by atomic mass is 10.1. The van der Waals surface area contributed by atoms with Gasteiger partial charge in [-0.25, -0.2) is 0 Å². The van der Waals surface area contributed by atoms with E-state index in [1.165, 1.54) is 5.56 Å². The van der Waals surface area contributed by atoms with Gasteiger partial charge in [0.1, 0.15) is 5.78 Å². The fourth-order valence-corrected chi connectivity index (χ4v) is 1.48. The van der Waals surface area contributed by atoms with Crippen LogP contribution in [0.3, 0.4) is 0 Å². The maximum absolute atomic E-state index is 11.5. The molecule has 0 atom stereocenters. The van der Waals surface area contributed by atoms with Crippen LogP contribution >= 0.6 is 0 Å². The van der Waals surface area contributed by atoms with Crippen molar-refractivity contribution in [1.29, 1.82) is 0 Å². The molecule has 3 heteroatoms. The van der Waals surface area contributed by atoms with Crippen molar-refractivity contribution in [2.24, 2.45) is 0 Å². The van der Waals surface area contributed by atoms with Crippen LogP contribution in [0.4, 0.5) is 5.69 Å². The number of amides is 1. The van der Waals surface area contributed by atoms with Gasteiger partial charge in [-0.3, -0.25) is 9.59 Å². The minimum atomic E-state index is -0.101. The topological polar surface area (TPSA) is 46.2 Å². The molecule has 0 bridgehead atoms. The Morgan fingerprint density at radius 2 is 1.71 bits per heavy atom. The molecule has 0 saturated carbocycles. The highest BCUT2D eigenvalue weighted by Gasteiger charge is 2.05. The summed E-state index contributed by atoms with van der Waals surface area (Å²) in [5.74, 6) is 0.0255. The van der Waals surface area contributed by atoms with Crippen LogP contribution < -0.4 is 5.32 Å². The van der Waals surface area contributed by atoms with Crippen molar-refractivity contribution in [2.45, 2.75) is 39.5 Å². The van der Waals surface area contributed by atoms with E-state index in [-0.39, 0.29) is 18.1 Å². The summed E-state index contributed by atoms with van der Waals surface area (Å²) in [5.41, 5.74) is 2.03. The van der Waals surface area contributed by atoms with Crippen molar-refractivity contribution < 1.29 is 9.59 Å². The third kappa shape index (κ3) is 4.81. The lowest BCUT2D eigenvalue weighted by molar-refractivity contribution is -0.122. The first-order chi connectivity index (χ1) is 8.15. The summed E-state index contributed by atoms with van der Waals surface area (Å²) >= 11 is 0. The molecule has 3 nitrogen and oxygen atoms in total.